The van der Waals surface area contributed by atoms with Crippen LogP contribution in [-0.4, -0.2) is 5.91 Å². The number of carbonyl (C=O) groups is 1. The predicted octanol–water partition coefficient (Wildman–Crippen LogP) is 4.02. The highest BCUT2D eigenvalue weighted by Crippen LogP contribution is 2.34. The van der Waals surface area contributed by atoms with Crippen LogP contribution in [0.3, 0.4) is 0 Å². The van der Waals surface area contributed by atoms with Crippen LogP contribution < -0.4 is 10.6 Å². The van der Waals surface area contributed by atoms with Gasteiger partial charge in [0.15, 0.2) is 0 Å². The van der Waals surface area contributed by atoms with Crippen LogP contribution in [-0.2, 0) is 4.79 Å². The van der Waals surface area contributed by atoms with E-state index < -0.39 is 0 Å². The van der Waals surface area contributed by atoms with Gasteiger partial charge < -0.3 is 10.6 Å². The lowest BCUT2D eigenvalue weighted by atomic mass is 10.0. The van der Waals surface area contributed by atoms with Crippen molar-refractivity contribution in [3.8, 4) is 0 Å². The Morgan fingerprint density at radius 2 is 1.76 bits per heavy atom. The molecular formula is C18H18N2O. The number of rotatable bonds is 2. The maximum absolute atomic E-state index is 12.1. The van der Waals surface area contributed by atoms with E-state index in [1.807, 2.05) is 25.1 Å². The van der Waals surface area contributed by atoms with Crippen molar-refractivity contribution in [2.75, 3.05) is 10.6 Å². The van der Waals surface area contributed by atoms with Gasteiger partial charge in [-0.1, -0.05) is 18.2 Å². The van der Waals surface area contributed by atoms with Crippen molar-refractivity contribution >= 4 is 22.9 Å². The second-order valence-corrected chi connectivity index (χ2v) is 5.53. The van der Waals surface area contributed by atoms with Gasteiger partial charge in [-0.25, -0.2) is 0 Å². The Kier molecular flexibility index (Phi) is 3.26. The molecule has 2 N–H and O–H groups in total. The zero-order valence-electron chi connectivity index (χ0n) is 12.4. The molecule has 0 atom stereocenters. The van der Waals surface area contributed by atoms with E-state index in [-0.39, 0.29) is 5.91 Å². The maximum atomic E-state index is 12.1. The van der Waals surface area contributed by atoms with Crippen LogP contribution in [0.5, 0.6) is 0 Å². The van der Waals surface area contributed by atoms with Crippen molar-refractivity contribution in [1.82, 2.24) is 0 Å². The summed E-state index contributed by atoms with van der Waals surface area (Å²) in [5, 5.41) is 6.14. The van der Waals surface area contributed by atoms with Crippen molar-refractivity contribution in [2.45, 2.75) is 20.8 Å². The Balaban J connectivity index is 1.96. The molecule has 3 heteroatoms. The van der Waals surface area contributed by atoms with Gasteiger partial charge in [-0.05, 0) is 55.7 Å². The molecule has 2 aromatic carbocycles. The molecule has 21 heavy (non-hydrogen) atoms. The molecule has 0 bridgehead atoms. The molecule has 0 saturated carbocycles. The van der Waals surface area contributed by atoms with Crippen LogP contribution in [0.15, 0.2) is 42.6 Å². The van der Waals surface area contributed by atoms with Gasteiger partial charge in [-0.3, -0.25) is 4.79 Å². The lowest BCUT2D eigenvalue weighted by molar-refractivity contribution is -0.110. The summed E-state index contributed by atoms with van der Waals surface area (Å²) in [6.07, 6.45) is 1.79. The van der Waals surface area contributed by atoms with E-state index in [1.54, 1.807) is 6.20 Å². The Labute approximate surface area is 124 Å². The van der Waals surface area contributed by atoms with Crippen molar-refractivity contribution < 1.29 is 4.79 Å². The van der Waals surface area contributed by atoms with Crippen LogP contribution in [0, 0.1) is 20.8 Å². The first kappa shape index (κ1) is 13.4. The molecule has 1 heterocycles. The lowest BCUT2D eigenvalue weighted by Crippen LogP contribution is -2.05. The summed E-state index contributed by atoms with van der Waals surface area (Å²) >= 11 is 0. The highest BCUT2D eigenvalue weighted by Gasteiger charge is 2.25. The summed E-state index contributed by atoms with van der Waals surface area (Å²) < 4.78 is 0. The topological polar surface area (TPSA) is 41.1 Å². The van der Waals surface area contributed by atoms with Crippen LogP contribution in [0.4, 0.5) is 11.4 Å². The van der Waals surface area contributed by atoms with Gasteiger partial charge in [0.25, 0.3) is 5.91 Å². The van der Waals surface area contributed by atoms with Crippen LogP contribution >= 0.6 is 0 Å². The van der Waals surface area contributed by atoms with E-state index >= 15 is 0 Å². The molecule has 0 unspecified atom stereocenters. The Bertz CT molecular complexity index is 740. The first-order valence-corrected chi connectivity index (χ1v) is 7.01. The van der Waals surface area contributed by atoms with Gasteiger partial charge in [0.2, 0.25) is 0 Å². The molecule has 3 rings (SSSR count). The first-order valence-electron chi connectivity index (χ1n) is 7.01. The van der Waals surface area contributed by atoms with Gasteiger partial charge in [0, 0.05) is 23.1 Å². The van der Waals surface area contributed by atoms with E-state index in [1.165, 1.54) is 11.1 Å². The molecule has 2 aromatic rings. The standard InChI is InChI=1S/C18H18N2O/c1-11-7-12(2)9-14(8-11)19-10-15-17-13(3)5-4-6-16(17)20-18(15)21/h4-10,19H,1-3H3,(H,20,21). The van der Waals surface area contributed by atoms with E-state index in [0.29, 0.717) is 5.57 Å². The molecule has 0 spiro atoms. The minimum absolute atomic E-state index is 0.0591. The van der Waals surface area contributed by atoms with Gasteiger partial charge >= 0.3 is 0 Å². The molecule has 1 aliphatic rings. The number of hydrogen-bond acceptors (Lipinski definition) is 2. The summed E-state index contributed by atoms with van der Waals surface area (Å²) in [5.41, 5.74) is 7.04. The average Bonchev–Trinajstić information content (AvgIpc) is 2.72. The van der Waals surface area contributed by atoms with E-state index in [0.717, 1.165) is 22.5 Å². The quantitative estimate of drug-likeness (QED) is 0.815. The largest absolute Gasteiger partial charge is 0.361 e. The number of amides is 1. The van der Waals surface area contributed by atoms with Crippen molar-refractivity contribution in [1.29, 1.82) is 0 Å². The number of hydrogen-bond donors (Lipinski definition) is 2. The van der Waals surface area contributed by atoms with E-state index in [2.05, 4.69) is 42.7 Å². The molecule has 106 valence electrons. The number of benzene rings is 2. The summed E-state index contributed by atoms with van der Waals surface area (Å²) in [7, 11) is 0. The number of aryl methyl sites for hydroxylation is 3. The van der Waals surface area contributed by atoms with Gasteiger partial charge in [-0.15, -0.1) is 0 Å². The fourth-order valence-corrected chi connectivity index (χ4v) is 2.78. The normalized spacial score (nSPS) is 15.0. The number of carbonyl (C=O) groups excluding carboxylic acids is 1. The Morgan fingerprint density at radius 3 is 2.48 bits per heavy atom. The summed E-state index contributed by atoms with van der Waals surface area (Å²) in [6, 6.07) is 12.2. The minimum Gasteiger partial charge on any atom is -0.361 e. The molecule has 0 aromatic heterocycles. The SMILES string of the molecule is Cc1cc(C)cc(NC=C2C(=O)Nc3cccc(C)c32)c1. The average molecular weight is 278 g/mol. The van der Waals surface area contributed by atoms with Crippen LogP contribution in [0.2, 0.25) is 0 Å². The number of anilines is 2. The van der Waals surface area contributed by atoms with Crippen molar-refractivity contribution in [2.24, 2.45) is 0 Å². The number of fused-ring (bicyclic) bond motifs is 1. The predicted molar refractivity (Wildman–Crippen MR) is 87.3 cm³/mol. The lowest BCUT2D eigenvalue weighted by Gasteiger charge is -2.06. The van der Waals surface area contributed by atoms with Gasteiger partial charge in [0.05, 0.1) is 5.57 Å². The molecule has 1 aliphatic heterocycles. The summed E-state index contributed by atoms with van der Waals surface area (Å²) in [6.45, 7) is 6.14. The van der Waals surface area contributed by atoms with Gasteiger partial charge in [0.1, 0.15) is 0 Å². The zero-order valence-corrected chi connectivity index (χ0v) is 12.4. The van der Waals surface area contributed by atoms with Gasteiger partial charge in [-0.2, -0.15) is 0 Å². The third-order valence-corrected chi connectivity index (χ3v) is 3.64. The maximum Gasteiger partial charge on any atom is 0.257 e. The fourth-order valence-electron chi connectivity index (χ4n) is 2.78. The van der Waals surface area contributed by atoms with E-state index in [4.69, 9.17) is 0 Å². The third kappa shape index (κ3) is 2.55. The molecular weight excluding hydrogens is 260 g/mol. The fraction of sp³-hybridized carbons (Fsp3) is 0.167. The van der Waals surface area contributed by atoms with Crippen LogP contribution in [0.25, 0.3) is 5.57 Å². The smallest absolute Gasteiger partial charge is 0.257 e. The molecule has 0 radical (unpaired) electrons. The second kappa shape index (κ2) is 5.09. The molecule has 0 fully saturated rings. The summed E-state index contributed by atoms with van der Waals surface area (Å²) in [4.78, 5) is 12.1. The highest BCUT2D eigenvalue weighted by atomic mass is 16.2. The third-order valence-electron chi connectivity index (χ3n) is 3.64. The zero-order chi connectivity index (χ0) is 15.0. The molecule has 0 aliphatic carbocycles. The van der Waals surface area contributed by atoms with Crippen molar-refractivity contribution in [3.05, 3.63) is 64.9 Å². The second-order valence-electron chi connectivity index (χ2n) is 5.53. The van der Waals surface area contributed by atoms with Crippen LogP contribution in [0.1, 0.15) is 22.3 Å². The van der Waals surface area contributed by atoms with E-state index in [9.17, 15) is 4.79 Å². The summed E-state index contributed by atoms with van der Waals surface area (Å²) in [5.74, 6) is -0.0591. The molecule has 3 nitrogen and oxygen atoms in total. The minimum atomic E-state index is -0.0591. The number of nitrogens with one attached hydrogen (secondary N) is 2. The first-order chi connectivity index (χ1) is 10.0. The molecule has 0 saturated heterocycles. The monoisotopic (exact) mass is 278 g/mol. The highest BCUT2D eigenvalue weighted by molar-refractivity contribution is 6.32. The Hall–Kier alpha value is -2.55. The molecule has 1 amide bonds. The Morgan fingerprint density at radius 1 is 1.05 bits per heavy atom. The van der Waals surface area contributed by atoms with Crippen molar-refractivity contribution in [3.63, 3.8) is 0 Å².